The number of carbonyl (C=O) groups is 1. The number of esters is 1. The SMILES string of the molecule is CC(C)OC(=O)C1CCC(C(C)(C)C)N1. The Labute approximate surface area is 92.6 Å². The summed E-state index contributed by atoms with van der Waals surface area (Å²) >= 11 is 0. The number of ether oxygens (including phenoxy) is 1. The summed E-state index contributed by atoms with van der Waals surface area (Å²) in [4.78, 5) is 11.6. The van der Waals surface area contributed by atoms with Gasteiger partial charge in [0.2, 0.25) is 0 Å². The van der Waals surface area contributed by atoms with Crippen molar-refractivity contribution in [3.8, 4) is 0 Å². The molecular formula is C12H23NO2. The number of rotatable bonds is 2. The van der Waals surface area contributed by atoms with Gasteiger partial charge in [0.1, 0.15) is 6.04 Å². The molecule has 2 unspecified atom stereocenters. The molecule has 88 valence electrons. The third-order valence-corrected chi connectivity index (χ3v) is 2.83. The zero-order chi connectivity index (χ0) is 11.6. The van der Waals surface area contributed by atoms with E-state index >= 15 is 0 Å². The second-order valence-corrected chi connectivity index (χ2v) is 5.70. The van der Waals surface area contributed by atoms with Crippen molar-refractivity contribution in [3.63, 3.8) is 0 Å². The molecule has 0 aromatic rings. The summed E-state index contributed by atoms with van der Waals surface area (Å²) < 4.78 is 5.19. The van der Waals surface area contributed by atoms with E-state index in [1.807, 2.05) is 13.8 Å². The van der Waals surface area contributed by atoms with E-state index < -0.39 is 0 Å². The Bertz CT molecular complexity index is 230. The molecule has 0 aliphatic carbocycles. The number of nitrogens with one attached hydrogen (secondary N) is 1. The Kier molecular flexibility index (Phi) is 3.77. The second kappa shape index (κ2) is 4.52. The number of hydrogen-bond acceptors (Lipinski definition) is 3. The fourth-order valence-electron chi connectivity index (χ4n) is 1.93. The molecule has 3 nitrogen and oxygen atoms in total. The predicted molar refractivity (Wildman–Crippen MR) is 60.6 cm³/mol. The van der Waals surface area contributed by atoms with Crippen LogP contribution >= 0.6 is 0 Å². The highest BCUT2D eigenvalue weighted by atomic mass is 16.5. The molecule has 0 amide bonds. The monoisotopic (exact) mass is 213 g/mol. The van der Waals surface area contributed by atoms with Gasteiger partial charge in [-0.1, -0.05) is 20.8 Å². The van der Waals surface area contributed by atoms with Crippen LogP contribution in [0, 0.1) is 5.41 Å². The molecule has 1 aliphatic rings. The van der Waals surface area contributed by atoms with Gasteiger partial charge in [0.05, 0.1) is 6.10 Å². The van der Waals surface area contributed by atoms with Crippen LogP contribution < -0.4 is 5.32 Å². The molecule has 1 aliphatic heterocycles. The van der Waals surface area contributed by atoms with Gasteiger partial charge in [-0.15, -0.1) is 0 Å². The van der Waals surface area contributed by atoms with E-state index in [4.69, 9.17) is 4.74 Å². The first-order valence-electron chi connectivity index (χ1n) is 5.77. The third kappa shape index (κ3) is 3.49. The van der Waals surface area contributed by atoms with Gasteiger partial charge in [-0.2, -0.15) is 0 Å². The number of hydrogen-bond donors (Lipinski definition) is 1. The molecule has 1 fully saturated rings. The van der Waals surface area contributed by atoms with Crippen LogP contribution in [0.5, 0.6) is 0 Å². The molecule has 0 aromatic carbocycles. The minimum absolute atomic E-state index is 0.0204. The lowest BCUT2D eigenvalue weighted by molar-refractivity contribution is -0.149. The second-order valence-electron chi connectivity index (χ2n) is 5.70. The zero-order valence-corrected chi connectivity index (χ0v) is 10.5. The van der Waals surface area contributed by atoms with Crippen LogP contribution in [-0.4, -0.2) is 24.2 Å². The molecule has 3 heteroatoms. The minimum Gasteiger partial charge on any atom is -0.462 e. The summed E-state index contributed by atoms with van der Waals surface area (Å²) in [5.41, 5.74) is 0.215. The minimum atomic E-state index is -0.100. The van der Waals surface area contributed by atoms with Crippen molar-refractivity contribution in [3.05, 3.63) is 0 Å². The average Bonchev–Trinajstić information content (AvgIpc) is 2.48. The Hall–Kier alpha value is -0.570. The smallest absolute Gasteiger partial charge is 0.323 e. The predicted octanol–water partition coefficient (Wildman–Crippen LogP) is 2.10. The normalized spacial score (nSPS) is 27.1. The molecule has 15 heavy (non-hydrogen) atoms. The van der Waals surface area contributed by atoms with Gasteiger partial charge in [0, 0.05) is 6.04 Å². The van der Waals surface area contributed by atoms with Crippen LogP contribution in [0.15, 0.2) is 0 Å². The summed E-state index contributed by atoms with van der Waals surface area (Å²) in [5.74, 6) is -0.100. The van der Waals surface area contributed by atoms with Crippen LogP contribution in [0.3, 0.4) is 0 Å². The molecule has 1 N–H and O–H groups in total. The van der Waals surface area contributed by atoms with Gasteiger partial charge in [0.25, 0.3) is 0 Å². The fraction of sp³-hybridized carbons (Fsp3) is 0.917. The van der Waals surface area contributed by atoms with Crippen LogP contribution in [-0.2, 0) is 9.53 Å². The van der Waals surface area contributed by atoms with Crippen LogP contribution in [0.25, 0.3) is 0 Å². The first kappa shape index (κ1) is 12.5. The molecule has 0 bridgehead atoms. The van der Waals surface area contributed by atoms with Gasteiger partial charge in [0.15, 0.2) is 0 Å². The molecule has 0 aromatic heterocycles. The van der Waals surface area contributed by atoms with Crippen molar-refractivity contribution < 1.29 is 9.53 Å². The van der Waals surface area contributed by atoms with Crippen molar-refractivity contribution in [1.82, 2.24) is 5.32 Å². The highest BCUT2D eigenvalue weighted by Gasteiger charge is 2.36. The highest BCUT2D eigenvalue weighted by Crippen LogP contribution is 2.28. The molecule has 1 rings (SSSR count). The van der Waals surface area contributed by atoms with Crippen molar-refractivity contribution in [2.45, 2.75) is 65.6 Å². The lowest BCUT2D eigenvalue weighted by Crippen LogP contribution is -2.42. The standard InChI is InChI=1S/C12H23NO2/c1-8(2)15-11(14)9-6-7-10(13-9)12(3,4)5/h8-10,13H,6-7H2,1-5H3. The fourth-order valence-corrected chi connectivity index (χ4v) is 1.93. The Morgan fingerprint density at radius 2 is 1.93 bits per heavy atom. The Morgan fingerprint density at radius 1 is 1.33 bits per heavy atom. The van der Waals surface area contributed by atoms with Gasteiger partial charge >= 0.3 is 5.97 Å². The molecule has 1 saturated heterocycles. The maximum Gasteiger partial charge on any atom is 0.323 e. The van der Waals surface area contributed by atoms with E-state index in [0.29, 0.717) is 6.04 Å². The van der Waals surface area contributed by atoms with Crippen molar-refractivity contribution >= 4 is 5.97 Å². The van der Waals surface area contributed by atoms with Gasteiger partial charge in [-0.05, 0) is 32.1 Å². The van der Waals surface area contributed by atoms with Crippen molar-refractivity contribution in [1.29, 1.82) is 0 Å². The quantitative estimate of drug-likeness (QED) is 0.714. The van der Waals surface area contributed by atoms with Crippen LogP contribution in [0.1, 0.15) is 47.5 Å². The summed E-state index contributed by atoms with van der Waals surface area (Å²) in [5, 5.41) is 3.36. The summed E-state index contributed by atoms with van der Waals surface area (Å²) in [6.45, 7) is 10.4. The first-order valence-corrected chi connectivity index (χ1v) is 5.77. The van der Waals surface area contributed by atoms with E-state index in [1.54, 1.807) is 0 Å². The van der Waals surface area contributed by atoms with Crippen LogP contribution in [0.2, 0.25) is 0 Å². The molecule has 0 saturated carbocycles. The van der Waals surface area contributed by atoms with Gasteiger partial charge in [-0.25, -0.2) is 0 Å². The van der Waals surface area contributed by atoms with Crippen molar-refractivity contribution in [2.24, 2.45) is 5.41 Å². The lowest BCUT2D eigenvalue weighted by atomic mass is 9.86. The van der Waals surface area contributed by atoms with Crippen LogP contribution in [0.4, 0.5) is 0 Å². The maximum atomic E-state index is 11.6. The maximum absolute atomic E-state index is 11.6. The third-order valence-electron chi connectivity index (χ3n) is 2.83. The lowest BCUT2D eigenvalue weighted by Gasteiger charge is -2.27. The van der Waals surface area contributed by atoms with Gasteiger partial charge < -0.3 is 10.1 Å². The largest absolute Gasteiger partial charge is 0.462 e. The molecule has 0 spiro atoms. The Morgan fingerprint density at radius 3 is 2.33 bits per heavy atom. The first-order chi connectivity index (χ1) is 6.80. The van der Waals surface area contributed by atoms with E-state index in [0.717, 1.165) is 12.8 Å². The molecule has 1 heterocycles. The topological polar surface area (TPSA) is 38.3 Å². The van der Waals surface area contributed by atoms with E-state index in [1.165, 1.54) is 0 Å². The molecular weight excluding hydrogens is 190 g/mol. The van der Waals surface area contributed by atoms with E-state index in [2.05, 4.69) is 26.1 Å². The summed E-state index contributed by atoms with van der Waals surface area (Å²) in [6.07, 6.45) is 1.93. The summed E-state index contributed by atoms with van der Waals surface area (Å²) in [6, 6.07) is 0.318. The van der Waals surface area contributed by atoms with Crippen molar-refractivity contribution in [2.75, 3.05) is 0 Å². The molecule has 0 radical (unpaired) electrons. The van der Waals surface area contributed by atoms with Gasteiger partial charge in [-0.3, -0.25) is 4.79 Å². The van der Waals surface area contributed by atoms with E-state index in [-0.39, 0.29) is 23.5 Å². The number of carbonyl (C=O) groups excluding carboxylic acids is 1. The van der Waals surface area contributed by atoms with E-state index in [9.17, 15) is 4.79 Å². The average molecular weight is 213 g/mol. The highest BCUT2D eigenvalue weighted by molar-refractivity contribution is 5.76. The Balaban J connectivity index is 2.46. The molecule has 2 atom stereocenters. The summed E-state index contributed by atoms with van der Waals surface area (Å²) in [7, 11) is 0. The zero-order valence-electron chi connectivity index (χ0n) is 10.5.